The largest absolute Gasteiger partial charge is 0.400 e. The minimum absolute atomic E-state index is 0.547. The van der Waals surface area contributed by atoms with Crippen LogP contribution in [0.1, 0.15) is 12.5 Å². The van der Waals surface area contributed by atoms with Crippen LogP contribution in [0.3, 0.4) is 0 Å². The van der Waals surface area contributed by atoms with E-state index in [1.165, 1.54) is 0 Å². The van der Waals surface area contributed by atoms with Crippen molar-refractivity contribution in [2.75, 3.05) is 13.7 Å². The first-order valence-corrected chi connectivity index (χ1v) is 4.50. The fraction of sp³-hybridized carbons (Fsp3) is 0.273. The van der Waals surface area contributed by atoms with Gasteiger partial charge in [-0.15, -0.1) is 0 Å². The molecular weight excluding hydrogens is 190 g/mol. The van der Waals surface area contributed by atoms with Crippen LogP contribution in [0, 0.1) is 0 Å². The molecule has 0 spiro atoms. The number of aliphatic hydroxyl groups is 1. The van der Waals surface area contributed by atoms with Gasteiger partial charge in [0.05, 0.1) is 5.69 Å². The third-order valence-corrected chi connectivity index (χ3v) is 1.72. The van der Waals surface area contributed by atoms with Gasteiger partial charge in [-0.1, -0.05) is 11.6 Å². The van der Waals surface area contributed by atoms with Crippen LogP contribution < -0.4 is 5.73 Å². The van der Waals surface area contributed by atoms with Crippen LogP contribution in [0.25, 0.3) is 6.08 Å². The first kappa shape index (κ1) is 13.5. The summed E-state index contributed by atoms with van der Waals surface area (Å²) in [4.78, 5) is 7.89. The quantitative estimate of drug-likeness (QED) is 0.735. The molecule has 1 aromatic heterocycles. The van der Waals surface area contributed by atoms with Crippen LogP contribution in [0.15, 0.2) is 29.0 Å². The highest BCUT2D eigenvalue weighted by Crippen LogP contribution is 2.18. The van der Waals surface area contributed by atoms with E-state index in [0.29, 0.717) is 6.54 Å². The van der Waals surface area contributed by atoms with Gasteiger partial charge in [-0.05, 0) is 19.7 Å². The summed E-state index contributed by atoms with van der Waals surface area (Å²) in [6.45, 7) is 6.01. The van der Waals surface area contributed by atoms with E-state index in [9.17, 15) is 0 Å². The summed E-state index contributed by atoms with van der Waals surface area (Å²) < 4.78 is 0. The Balaban J connectivity index is 0.000000921. The number of hydrogen-bond acceptors (Lipinski definition) is 4. The van der Waals surface area contributed by atoms with E-state index in [2.05, 4.69) is 16.7 Å². The number of aliphatic hydroxyl groups excluding tert-OH is 1. The van der Waals surface area contributed by atoms with Gasteiger partial charge in [0.1, 0.15) is 0 Å². The van der Waals surface area contributed by atoms with E-state index in [4.69, 9.17) is 10.8 Å². The lowest BCUT2D eigenvalue weighted by atomic mass is 10.1. The Hall–Kier alpha value is -1.52. The van der Waals surface area contributed by atoms with Gasteiger partial charge in [0.2, 0.25) is 0 Å². The van der Waals surface area contributed by atoms with Gasteiger partial charge in [0, 0.05) is 31.6 Å². The Morgan fingerprint density at radius 2 is 2.33 bits per heavy atom. The van der Waals surface area contributed by atoms with Crippen molar-refractivity contribution < 1.29 is 5.11 Å². The van der Waals surface area contributed by atoms with Crippen LogP contribution >= 0.6 is 0 Å². The Bertz CT molecular complexity index is 334. The van der Waals surface area contributed by atoms with Gasteiger partial charge in [-0.2, -0.15) is 0 Å². The Labute approximate surface area is 90.2 Å². The van der Waals surface area contributed by atoms with Crippen molar-refractivity contribution >= 4 is 18.5 Å². The minimum atomic E-state index is 0.547. The monoisotopic (exact) mass is 207 g/mol. The lowest BCUT2D eigenvalue weighted by Gasteiger charge is -2.00. The topological polar surface area (TPSA) is 71.5 Å². The molecule has 82 valence electrons. The van der Waals surface area contributed by atoms with Crippen molar-refractivity contribution in [3.63, 3.8) is 0 Å². The normalized spacial score (nSPS) is 10.3. The number of aromatic nitrogens is 1. The van der Waals surface area contributed by atoms with Crippen molar-refractivity contribution in [1.29, 1.82) is 0 Å². The lowest BCUT2D eigenvalue weighted by Crippen LogP contribution is -1.99. The SMILES string of the molecule is C=Nc1ccncc1/C=C(\C)CN.CO. The van der Waals surface area contributed by atoms with Crippen molar-refractivity contribution in [2.24, 2.45) is 10.7 Å². The first-order valence-electron chi connectivity index (χ1n) is 4.50. The standard InChI is InChI=1S/C10H13N3.CH4O/c1-8(6-11)5-9-7-13-4-3-10(9)12-2;1-2/h3-5,7H,2,6,11H2,1H3;2H,1H3/b8-5+;. The van der Waals surface area contributed by atoms with Crippen molar-refractivity contribution in [1.82, 2.24) is 4.98 Å². The van der Waals surface area contributed by atoms with E-state index in [0.717, 1.165) is 23.9 Å². The number of aliphatic imine (C=N–C) groups is 1. The zero-order valence-electron chi connectivity index (χ0n) is 9.14. The van der Waals surface area contributed by atoms with E-state index < -0.39 is 0 Å². The number of rotatable bonds is 3. The summed E-state index contributed by atoms with van der Waals surface area (Å²) in [7, 11) is 1.00. The van der Waals surface area contributed by atoms with Gasteiger partial charge < -0.3 is 10.8 Å². The highest BCUT2D eigenvalue weighted by molar-refractivity contribution is 5.66. The molecule has 1 heterocycles. The molecule has 0 saturated heterocycles. The van der Waals surface area contributed by atoms with Crippen LogP contribution in [0.5, 0.6) is 0 Å². The van der Waals surface area contributed by atoms with E-state index in [1.54, 1.807) is 12.4 Å². The highest BCUT2D eigenvalue weighted by atomic mass is 16.2. The molecule has 0 atom stereocenters. The average Bonchev–Trinajstić information content (AvgIpc) is 2.32. The average molecular weight is 207 g/mol. The van der Waals surface area contributed by atoms with Crippen LogP contribution in [-0.2, 0) is 0 Å². The fourth-order valence-electron chi connectivity index (χ4n) is 0.979. The molecule has 1 aromatic rings. The van der Waals surface area contributed by atoms with Crippen LogP contribution in [0.2, 0.25) is 0 Å². The predicted molar refractivity (Wildman–Crippen MR) is 64.3 cm³/mol. The third-order valence-electron chi connectivity index (χ3n) is 1.72. The highest BCUT2D eigenvalue weighted by Gasteiger charge is 1.96. The van der Waals surface area contributed by atoms with Gasteiger partial charge in [-0.25, -0.2) is 0 Å². The van der Waals surface area contributed by atoms with Crippen LogP contribution in [-0.4, -0.2) is 30.5 Å². The van der Waals surface area contributed by atoms with Crippen molar-refractivity contribution in [3.05, 3.63) is 29.6 Å². The molecule has 0 radical (unpaired) electrons. The molecule has 3 N–H and O–H groups in total. The second-order valence-electron chi connectivity index (χ2n) is 2.79. The van der Waals surface area contributed by atoms with E-state index in [-0.39, 0.29) is 0 Å². The molecular formula is C11H17N3O. The summed E-state index contributed by atoms with van der Waals surface area (Å²) in [5.74, 6) is 0. The number of nitrogens with two attached hydrogens (primary N) is 1. The van der Waals surface area contributed by atoms with E-state index >= 15 is 0 Å². The second kappa shape index (κ2) is 7.84. The molecule has 0 aromatic carbocycles. The zero-order valence-corrected chi connectivity index (χ0v) is 9.14. The fourth-order valence-corrected chi connectivity index (χ4v) is 0.979. The van der Waals surface area contributed by atoms with Crippen molar-refractivity contribution in [2.45, 2.75) is 6.92 Å². The third kappa shape index (κ3) is 4.49. The Morgan fingerprint density at radius 3 is 2.87 bits per heavy atom. The minimum Gasteiger partial charge on any atom is -0.400 e. The first-order chi connectivity index (χ1) is 7.27. The number of pyridine rings is 1. The summed E-state index contributed by atoms with van der Waals surface area (Å²) in [6, 6.07) is 1.82. The zero-order chi connectivity index (χ0) is 11.7. The summed E-state index contributed by atoms with van der Waals surface area (Å²) in [5.41, 5.74) is 8.37. The molecule has 0 aliphatic carbocycles. The van der Waals surface area contributed by atoms with Gasteiger partial charge in [0.25, 0.3) is 0 Å². The lowest BCUT2D eigenvalue weighted by molar-refractivity contribution is 0.399. The van der Waals surface area contributed by atoms with Crippen molar-refractivity contribution in [3.8, 4) is 0 Å². The summed E-state index contributed by atoms with van der Waals surface area (Å²) in [5, 5.41) is 7.00. The maximum Gasteiger partial charge on any atom is 0.0725 e. The molecule has 4 nitrogen and oxygen atoms in total. The van der Waals surface area contributed by atoms with Gasteiger partial charge >= 0.3 is 0 Å². The van der Waals surface area contributed by atoms with Crippen LogP contribution in [0.4, 0.5) is 5.69 Å². The summed E-state index contributed by atoms with van der Waals surface area (Å²) in [6.07, 6.45) is 5.42. The summed E-state index contributed by atoms with van der Waals surface area (Å²) >= 11 is 0. The molecule has 1 rings (SSSR count). The smallest absolute Gasteiger partial charge is 0.0725 e. The number of hydrogen-bond donors (Lipinski definition) is 2. The molecule has 0 aliphatic rings. The Kier molecular flexibility index (Phi) is 7.05. The maximum absolute atomic E-state index is 7.00. The number of nitrogens with zero attached hydrogens (tertiary/aromatic N) is 2. The molecule has 0 bridgehead atoms. The molecule has 0 unspecified atom stereocenters. The van der Waals surface area contributed by atoms with E-state index in [1.807, 2.05) is 19.1 Å². The molecule has 4 heteroatoms. The molecule has 0 saturated carbocycles. The molecule has 0 aliphatic heterocycles. The predicted octanol–water partition coefficient (Wildman–Crippen LogP) is 1.38. The molecule has 0 fully saturated rings. The maximum atomic E-state index is 7.00. The van der Waals surface area contributed by atoms with Gasteiger partial charge in [0.15, 0.2) is 0 Å². The molecule has 15 heavy (non-hydrogen) atoms. The Morgan fingerprint density at radius 1 is 1.67 bits per heavy atom. The molecule has 0 amide bonds. The second-order valence-corrected chi connectivity index (χ2v) is 2.79. The van der Waals surface area contributed by atoms with Gasteiger partial charge in [-0.3, -0.25) is 9.98 Å².